The highest BCUT2D eigenvalue weighted by atomic mass is 35.5. The molecule has 0 aliphatic carbocycles. The molecule has 0 spiro atoms. The molecule has 0 unspecified atom stereocenters. The summed E-state index contributed by atoms with van der Waals surface area (Å²) >= 11 is 7.38. The number of hydrogen-bond acceptors (Lipinski definition) is 6. The molecular weight excluding hydrogens is 482 g/mol. The average Bonchev–Trinajstić information content (AvgIpc) is 3.16. The number of sulfonamides is 1. The molecule has 11 heteroatoms. The van der Waals surface area contributed by atoms with Crippen molar-refractivity contribution in [3.63, 3.8) is 0 Å². The predicted octanol–water partition coefficient (Wildman–Crippen LogP) is 4.07. The molecule has 0 aliphatic heterocycles. The fraction of sp³-hybridized carbons (Fsp3) is 0.227. The summed E-state index contributed by atoms with van der Waals surface area (Å²) in [5.41, 5.74) is 2.24. The van der Waals surface area contributed by atoms with E-state index >= 15 is 0 Å². The molecule has 1 heterocycles. The fourth-order valence-corrected chi connectivity index (χ4v) is 4.82. The maximum atomic E-state index is 12.6. The van der Waals surface area contributed by atoms with E-state index in [-0.39, 0.29) is 27.3 Å². The number of allylic oxidation sites excluding steroid dienone is 1. The smallest absolute Gasteiger partial charge is 0.242 e. The summed E-state index contributed by atoms with van der Waals surface area (Å²) in [6.45, 7) is 6.28. The van der Waals surface area contributed by atoms with E-state index in [1.807, 2.05) is 35.8 Å². The molecule has 3 rings (SSSR count). The van der Waals surface area contributed by atoms with Crippen molar-refractivity contribution < 1.29 is 13.2 Å². The van der Waals surface area contributed by atoms with Gasteiger partial charge in [-0.15, -0.1) is 16.8 Å². The predicted molar refractivity (Wildman–Crippen MR) is 132 cm³/mol. The van der Waals surface area contributed by atoms with Gasteiger partial charge in [-0.05, 0) is 31.2 Å². The maximum absolute atomic E-state index is 12.6. The van der Waals surface area contributed by atoms with Crippen LogP contribution in [0.5, 0.6) is 0 Å². The van der Waals surface area contributed by atoms with Crippen molar-refractivity contribution >= 4 is 45.0 Å². The lowest BCUT2D eigenvalue weighted by atomic mass is 10.1. The van der Waals surface area contributed by atoms with Crippen molar-refractivity contribution in [2.45, 2.75) is 23.5 Å². The summed E-state index contributed by atoms with van der Waals surface area (Å²) in [6.07, 6.45) is 1.74. The second kappa shape index (κ2) is 10.5. The van der Waals surface area contributed by atoms with Gasteiger partial charge in [0.2, 0.25) is 15.9 Å². The maximum Gasteiger partial charge on any atom is 0.242 e. The van der Waals surface area contributed by atoms with Crippen LogP contribution in [0, 0.1) is 6.92 Å². The number of carbonyl (C=O) groups is 1. The summed E-state index contributed by atoms with van der Waals surface area (Å²) < 4.78 is 27.7. The van der Waals surface area contributed by atoms with Crippen LogP contribution in [0.15, 0.2) is 65.2 Å². The number of anilines is 1. The topological polar surface area (TPSA) is 97.2 Å². The highest BCUT2D eigenvalue weighted by molar-refractivity contribution is 7.99. The largest absolute Gasteiger partial charge is 0.324 e. The highest BCUT2D eigenvalue weighted by Crippen LogP contribution is 2.28. The molecule has 0 atom stereocenters. The number of benzene rings is 2. The third-order valence-corrected chi connectivity index (χ3v) is 7.74. The van der Waals surface area contributed by atoms with Crippen LogP contribution in [0.3, 0.4) is 0 Å². The third-order valence-electron chi connectivity index (χ3n) is 4.63. The van der Waals surface area contributed by atoms with Crippen molar-refractivity contribution in [1.29, 1.82) is 0 Å². The number of rotatable bonds is 9. The van der Waals surface area contributed by atoms with E-state index in [2.05, 4.69) is 22.1 Å². The van der Waals surface area contributed by atoms with Gasteiger partial charge in [-0.2, -0.15) is 0 Å². The molecule has 33 heavy (non-hydrogen) atoms. The second-order valence-corrected chi connectivity index (χ2v) is 10.8. The molecule has 174 valence electrons. The first-order valence-electron chi connectivity index (χ1n) is 9.89. The summed E-state index contributed by atoms with van der Waals surface area (Å²) in [4.78, 5) is 12.6. The Labute approximate surface area is 202 Å². The van der Waals surface area contributed by atoms with E-state index in [0.29, 0.717) is 17.5 Å². The standard InChI is InChI=1S/C22H24ClN5O3S2/c1-5-11-28-21(16-8-6-7-15(2)12-16)25-26-22(28)32-14-20(29)24-19-13-17(9-10-18(19)23)33(30,31)27(3)4/h5-10,12-13H,1,11,14H2,2-4H3,(H,24,29). The van der Waals surface area contributed by atoms with Crippen molar-refractivity contribution in [3.8, 4) is 11.4 Å². The number of nitrogens with zero attached hydrogens (tertiary/aromatic N) is 4. The van der Waals surface area contributed by atoms with E-state index in [0.717, 1.165) is 15.4 Å². The number of hydrogen-bond donors (Lipinski definition) is 1. The summed E-state index contributed by atoms with van der Waals surface area (Å²) in [5.74, 6) is 0.363. The molecule has 1 amide bonds. The van der Waals surface area contributed by atoms with Gasteiger partial charge in [0.15, 0.2) is 11.0 Å². The zero-order valence-electron chi connectivity index (χ0n) is 18.4. The van der Waals surface area contributed by atoms with Crippen molar-refractivity contribution in [2.24, 2.45) is 0 Å². The van der Waals surface area contributed by atoms with E-state index in [1.165, 1.54) is 44.1 Å². The molecule has 8 nitrogen and oxygen atoms in total. The normalized spacial score (nSPS) is 11.5. The lowest BCUT2D eigenvalue weighted by Gasteiger charge is -2.14. The number of aryl methyl sites for hydroxylation is 1. The SMILES string of the molecule is C=CCn1c(SCC(=O)Nc2cc(S(=O)(=O)N(C)C)ccc2Cl)nnc1-c1cccc(C)c1. The molecule has 0 bridgehead atoms. The highest BCUT2D eigenvalue weighted by Gasteiger charge is 2.20. The first kappa shape index (κ1) is 25.0. The van der Waals surface area contributed by atoms with Crippen LogP contribution < -0.4 is 5.32 Å². The fourth-order valence-electron chi connectivity index (χ4n) is 2.97. The lowest BCUT2D eigenvalue weighted by Crippen LogP contribution is -2.22. The third kappa shape index (κ3) is 5.83. The molecule has 0 fully saturated rings. The van der Waals surface area contributed by atoms with Crippen LogP contribution in [0.25, 0.3) is 11.4 Å². The Morgan fingerprint density at radius 2 is 2.00 bits per heavy atom. The van der Waals surface area contributed by atoms with Crippen molar-refractivity contribution in [3.05, 3.63) is 65.7 Å². The number of halogens is 1. The lowest BCUT2D eigenvalue weighted by molar-refractivity contribution is -0.113. The second-order valence-electron chi connectivity index (χ2n) is 7.34. The van der Waals surface area contributed by atoms with Crippen LogP contribution >= 0.6 is 23.4 Å². The molecule has 0 aliphatic rings. The number of nitrogens with one attached hydrogen (secondary N) is 1. The van der Waals surface area contributed by atoms with E-state index in [9.17, 15) is 13.2 Å². The summed E-state index contributed by atoms with van der Waals surface area (Å²) in [6, 6.07) is 12.1. The molecule has 1 aromatic heterocycles. The summed E-state index contributed by atoms with van der Waals surface area (Å²) in [5, 5.41) is 12.0. The van der Waals surface area contributed by atoms with Gasteiger partial charge in [0.05, 0.1) is 21.4 Å². The zero-order valence-corrected chi connectivity index (χ0v) is 20.8. The quantitative estimate of drug-likeness (QED) is 0.347. The minimum Gasteiger partial charge on any atom is -0.324 e. The van der Waals surface area contributed by atoms with Gasteiger partial charge in [-0.1, -0.05) is 53.2 Å². The number of aromatic nitrogens is 3. The van der Waals surface area contributed by atoms with Crippen LogP contribution in [0.4, 0.5) is 5.69 Å². The summed E-state index contributed by atoms with van der Waals surface area (Å²) in [7, 11) is -0.791. The van der Waals surface area contributed by atoms with E-state index in [4.69, 9.17) is 11.6 Å². The van der Waals surface area contributed by atoms with Gasteiger partial charge < -0.3 is 5.32 Å². The molecule has 0 saturated heterocycles. The Morgan fingerprint density at radius 3 is 2.67 bits per heavy atom. The zero-order chi connectivity index (χ0) is 24.2. The number of amides is 1. The van der Waals surface area contributed by atoms with Crippen LogP contribution in [-0.4, -0.2) is 53.2 Å². The minimum atomic E-state index is -3.66. The minimum absolute atomic E-state index is 0.0318. The molecule has 3 aromatic rings. The Kier molecular flexibility index (Phi) is 7.96. The van der Waals surface area contributed by atoms with Crippen LogP contribution in [0.2, 0.25) is 5.02 Å². The van der Waals surface area contributed by atoms with Gasteiger partial charge in [0, 0.05) is 26.2 Å². The molecule has 1 N–H and O–H groups in total. The van der Waals surface area contributed by atoms with Crippen LogP contribution in [-0.2, 0) is 21.4 Å². The Bertz CT molecular complexity index is 1290. The van der Waals surface area contributed by atoms with Gasteiger partial charge in [-0.3, -0.25) is 9.36 Å². The molecule has 0 radical (unpaired) electrons. The average molecular weight is 506 g/mol. The monoisotopic (exact) mass is 505 g/mol. The molecular formula is C22H24ClN5O3S2. The van der Waals surface area contributed by atoms with Gasteiger partial charge >= 0.3 is 0 Å². The van der Waals surface area contributed by atoms with Crippen LogP contribution in [0.1, 0.15) is 5.56 Å². The van der Waals surface area contributed by atoms with Gasteiger partial charge in [0.25, 0.3) is 0 Å². The first-order chi connectivity index (χ1) is 15.6. The Morgan fingerprint density at radius 1 is 1.24 bits per heavy atom. The Hall–Kier alpha value is -2.66. The van der Waals surface area contributed by atoms with Crippen molar-refractivity contribution in [1.82, 2.24) is 19.1 Å². The first-order valence-corrected chi connectivity index (χ1v) is 12.7. The number of carbonyl (C=O) groups excluding carboxylic acids is 1. The molecule has 2 aromatic carbocycles. The Balaban J connectivity index is 1.76. The van der Waals surface area contributed by atoms with Gasteiger partial charge in [0.1, 0.15) is 0 Å². The number of thioether (sulfide) groups is 1. The van der Waals surface area contributed by atoms with Gasteiger partial charge in [-0.25, -0.2) is 12.7 Å². The molecule has 0 saturated carbocycles. The van der Waals surface area contributed by atoms with Crippen molar-refractivity contribution in [2.75, 3.05) is 25.2 Å². The van der Waals surface area contributed by atoms with E-state index < -0.39 is 10.0 Å². The van der Waals surface area contributed by atoms with E-state index in [1.54, 1.807) is 6.08 Å².